The molecule has 0 N–H and O–H groups in total. The molecule has 1 aromatic rings. The number of hydrogen-bond acceptors (Lipinski definition) is 4. The molecule has 0 radical (unpaired) electrons. The number of aromatic nitrogens is 1. The van der Waals surface area contributed by atoms with Gasteiger partial charge in [0, 0.05) is 10.7 Å². The second-order valence-electron chi connectivity index (χ2n) is 1.78. The van der Waals surface area contributed by atoms with E-state index in [1.54, 1.807) is 0 Å². The molecule has 0 amide bonds. The summed E-state index contributed by atoms with van der Waals surface area (Å²) >= 11 is 5.27. The lowest BCUT2D eigenvalue weighted by atomic mass is 10.6. The summed E-state index contributed by atoms with van der Waals surface area (Å²) in [5.41, 5.74) is 0.157. The van der Waals surface area contributed by atoms with E-state index in [2.05, 4.69) is 9.40 Å². The van der Waals surface area contributed by atoms with E-state index in [9.17, 15) is 8.42 Å². The second kappa shape index (κ2) is 2.66. The van der Waals surface area contributed by atoms with Crippen molar-refractivity contribution in [1.29, 1.82) is 0 Å². The highest BCUT2D eigenvalue weighted by Gasteiger charge is 2.20. The van der Waals surface area contributed by atoms with Crippen LogP contribution in [0.1, 0.15) is 5.69 Å². The number of nitrogens with zero attached hydrogens (tertiary/aromatic N) is 1. The van der Waals surface area contributed by atoms with E-state index in [1.807, 2.05) is 0 Å². The Balaban J connectivity index is 3.36. The molecular formula is C4H3Cl2NO3S. The molecule has 0 fully saturated rings. The standard InChI is InChI=1S/C4H3Cl2NO3S/c1-2-3(11(6,8)9)10-4(5)7-2/h1H3. The summed E-state index contributed by atoms with van der Waals surface area (Å²) in [6, 6.07) is 0. The van der Waals surface area contributed by atoms with E-state index in [0.29, 0.717) is 0 Å². The van der Waals surface area contributed by atoms with Gasteiger partial charge < -0.3 is 4.42 Å². The summed E-state index contributed by atoms with van der Waals surface area (Å²) in [6.07, 6.45) is 0. The third-order valence-electron chi connectivity index (χ3n) is 0.949. The molecule has 0 unspecified atom stereocenters. The Labute approximate surface area is 72.5 Å². The maximum atomic E-state index is 10.6. The van der Waals surface area contributed by atoms with Crippen LogP contribution in [0.3, 0.4) is 0 Å². The van der Waals surface area contributed by atoms with Gasteiger partial charge in [-0.3, -0.25) is 0 Å². The van der Waals surface area contributed by atoms with Crippen molar-refractivity contribution in [2.45, 2.75) is 12.0 Å². The fraction of sp³-hybridized carbons (Fsp3) is 0.250. The van der Waals surface area contributed by atoms with Gasteiger partial charge in [-0.1, -0.05) is 0 Å². The highest BCUT2D eigenvalue weighted by atomic mass is 35.7. The molecule has 0 aliphatic rings. The van der Waals surface area contributed by atoms with Crippen molar-refractivity contribution >= 4 is 31.3 Å². The largest absolute Gasteiger partial charge is 0.414 e. The van der Waals surface area contributed by atoms with Gasteiger partial charge in [-0.25, -0.2) is 13.4 Å². The lowest BCUT2D eigenvalue weighted by Crippen LogP contribution is -1.89. The summed E-state index contributed by atoms with van der Waals surface area (Å²) in [5, 5.41) is -0.633. The SMILES string of the molecule is Cc1nc(Cl)oc1S(=O)(=O)Cl. The zero-order valence-corrected chi connectivity index (χ0v) is 7.66. The van der Waals surface area contributed by atoms with Crippen LogP contribution in [0.2, 0.25) is 5.35 Å². The Morgan fingerprint density at radius 2 is 2.09 bits per heavy atom. The lowest BCUT2D eigenvalue weighted by Gasteiger charge is -1.86. The van der Waals surface area contributed by atoms with Crippen molar-refractivity contribution in [1.82, 2.24) is 4.98 Å². The maximum Gasteiger partial charge on any atom is 0.296 e. The molecule has 7 heteroatoms. The smallest absolute Gasteiger partial charge is 0.296 e. The van der Waals surface area contributed by atoms with Crippen molar-refractivity contribution in [3.05, 3.63) is 11.0 Å². The highest BCUT2D eigenvalue weighted by molar-refractivity contribution is 8.13. The van der Waals surface area contributed by atoms with Gasteiger partial charge in [0.25, 0.3) is 19.5 Å². The predicted molar refractivity (Wildman–Crippen MR) is 39.3 cm³/mol. The first-order valence-corrected chi connectivity index (χ1v) is 5.17. The molecule has 0 aliphatic heterocycles. The molecule has 0 saturated heterocycles. The number of aryl methyl sites for hydroxylation is 1. The number of hydrogen-bond donors (Lipinski definition) is 0. The monoisotopic (exact) mass is 215 g/mol. The minimum atomic E-state index is -3.85. The molecule has 1 aromatic heterocycles. The lowest BCUT2D eigenvalue weighted by molar-refractivity contribution is 0.450. The summed E-state index contributed by atoms with van der Waals surface area (Å²) < 4.78 is 25.8. The number of rotatable bonds is 1. The minimum absolute atomic E-state index is 0.157. The Kier molecular flexibility index (Phi) is 2.13. The van der Waals surface area contributed by atoms with Crippen LogP contribution in [0, 0.1) is 6.92 Å². The normalized spacial score (nSPS) is 11.9. The topological polar surface area (TPSA) is 60.2 Å². The molecule has 0 spiro atoms. The summed E-state index contributed by atoms with van der Waals surface area (Å²) in [4.78, 5) is 3.51. The van der Waals surface area contributed by atoms with Crippen LogP contribution in [0.15, 0.2) is 9.51 Å². The average Bonchev–Trinajstić information content (AvgIpc) is 2.08. The number of oxazole rings is 1. The van der Waals surface area contributed by atoms with Crippen LogP contribution in [0.4, 0.5) is 0 Å². The van der Waals surface area contributed by atoms with Gasteiger partial charge in [0.15, 0.2) is 0 Å². The predicted octanol–water partition coefficient (Wildman–Crippen LogP) is 1.56. The van der Waals surface area contributed by atoms with Crippen LogP contribution < -0.4 is 0 Å². The molecule has 62 valence electrons. The zero-order chi connectivity index (χ0) is 8.65. The summed E-state index contributed by atoms with van der Waals surface area (Å²) in [6.45, 7) is 1.44. The molecule has 0 saturated carbocycles. The van der Waals surface area contributed by atoms with Crippen LogP contribution >= 0.6 is 22.3 Å². The maximum absolute atomic E-state index is 10.6. The molecule has 0 atom stereocenters. The van der Waals surface area contributed by atoms with Gasteiger partial charge in [-0.2, -0.15) is 0 Å². The van der Waals surface area contributed by atoms with E-state index in [4.69, 9.17) is 22.3 Å². The zero-order valence-electron chi connectivity index (χ0n) is 5.34. The van der Waals surface area contributed by atoms with Crippen molar-refractivity contribution < 1.29 is 12.8 Å². The Bertz CT molecular complexity index is 369. The van der Waals surface area contributed by atoms with Gasteiger partial charge in [0.1, 0.15) is 0 Å². The average molecular weight is 216 g/mol. The van der Waals surface area contributed by atoms with E-state index >= 15 is 0 Å². The third kappa shape index (κ3) is 1.85. The van der Waals surface area contributed by atoms with Crippen LogP contribution in [-0.4, -0.2) is 13.4 Å². The van der Waals surface area contributed by atoms with Crippen molar-refractivity contribution in [2.75, 3.05) is 0 Å². The van der Waals surface area contributed by atoms with E-state index in [0.717, 1.165) is 0 Å². The molecule has 1 heterocycles. The van der Waals surface area contributed by atoms with Crippen molar-refractivity contribution in [3.63, 3.8) is 0 Å². The summed E-state index contributed by atoms with van der Waals surface area (Å²) in [5.74, 6) is 0. The third-order valence-corrected chi connectivity index (χ3v) is 2.35. The molecule has 1 rings (SSSR count). The first kappa shape index (κ1) is 8.83. The first-order chi connectivity index (χ1) is 4.91. The van der Waals surface area contributed by atoms with Crippen molar-refractivity contribution in [3.8, 4) is 0 Å². The van der Waals surface area contributed by atoms with Gasteiger partial charge in [-0.05, 0) is 18.5 Å². The quantitative estimate of drug-likeness (QED) is 0.668. The van der Waals surface area contributed by atoms with E-state index < -0.39 is 14.1 Å². The van der Waals surface area contributed by atoms with Gasteiger partial charge in [0.05, 0.1) is 5.69 Å². The Morgan fingerprint density at radius 1 is 1.55 bits per heavy atom. The first-order valence-electron chi connectivity index (χ1n) is 2.49. The van der Waals surface area contributed by atoms with E-state index in [-0.39, 0.29) is 11.0 Å². The highest BCUT2D eigenvalue weighted by Crippen LogP contribution is 2.22. The van der Waals surface area contributed by atoms with Crippen LogP contribution in [0.5, 0.6) is 0 Å². The fourth-order valence-corrected chi connectivity index (χ4v) is 1.83. The van der Waals surface area contributed by atoms with Crippen LogP contribution in [0.25, 0.3) is 0 Å². The molecule has 4 nitrogen and oxygen atoms in total. The van der Waals surface area contributed by atoms with Gasteiger partial charge in [-0.15, -0.1) is 0 Å². The second-order valence-corrected chi connectivity index (χ2v) is 4.57. The molecular weight excluding hydrogens is 213 g/mol. The molecule has 0 aromatic carbocycles. The molecule has 0 aliphatic carbocycles. The van der Waals surface area contributed by atoms with Crippen molar-refractivity contribution in [2.24, 2.45) is 0 Å². The van der Waals surface area contributed by atoms with E-state index in [1.165, 1.54) is 6.92 Å². The number of halogens is 2. The van der Waals surface area contributed by atoms with Gasteiger partial charge in [0.2, 0.25) is 0 Å². The molecule has 11 heavy (non-hydrogen) atoms. The summed E-state index contributed by atoms with van der Waals surface area (Å²) in [7, 11) is 1.10. The van der Waals surface area contributed by atoms with Crippen LogP contribution in [-0.2, 0) is 9.05 Å². The Hall–Kier alpha value is -0.260. The molecule has 0 bridgehead atoms. The fourth-order valence-electron chi connectivity index (χ4n) is 0.577. The minimum Gasteiger partial charge on any atom is -0.414 e. The van der Waals surface area contributed by atoms with Gasteiger partial charge >= 0.3 is 0 Å². The Morgan fingerprint density at radius 3 is 2.27 bits per heavy atom.